The van der Waals surface area contributed by atoms with Crippen LogP contribution in [0.25, 0.3) is 0 Å². The Balaban J connectivity index is 3.12. The number of anilines is 1. The molecule has 0 bridgehead atoms. The molecule has 1 unspecified atom stereocenters. The lowest BCUT2D eigenvalue weighted by Gasteiger charge is -2.21. The predicted octanol–water partition coefficient (Wildman–Crippen LogP) is 2.22. The highest BCUT2D eigenvalue weighted by atomic mass is 32.1. The largest absolute Gasteiger partial charge is 0.465 e. The highest BCUT2D eigenvalue weighted by Gasteiger charge is 2.29. The molecule has 0 spiro atoms. The van der Waals surface area contributed by atoms with Crippen LogP contribution in [0.4, 0.5) is 5.00 Å². The quantitative estimate of drug-likeness (QED) is 0.831. The van der Waals surface area contributed by atoms with E-state index in [1.54, 1.807) is 6.92 Å². The van der Waals surface area contributed by atoms with E-state index in [0.717, 1.165) is 10.4 Å². The van der Waals surface area contributed by atoms with Crippen LogP contribution in [0, 0.1) is 13.8 Å². The molecular formula is C13H20N2O3S. The summed E-state index contributed by atoms with van der Waals surface area (Å²) in [5.41, 5.74) is 6.16. The topological polar surface area (TPSA) is 81.4 Å². The molecule has 1 heterocycles. The molecule has 0 saturated heterocycles. The van der Waals surface area contributed by atoms with Crippen molar-refractivity contribution in [2.75, 3.05) is 12.4 Å². The van der Waals surface area contributed by atoms with E-state index in [2.05, 4.69) is 5.32 Å². The third-order valence-electron chi connectivity index (χ3n) is 3.26. The van der Waals surface area contributed by atoms with Gasteiger partial charge < -0.3 is 15.8 Å². The van der Waals surface area contributed by atoms with Gasteiger partial charge in [-0.3, -0.25) is 4.79 Å². The second-order valence-electron chi connectivity index (χ2n) is 4.70. The van der Waals surface area contributed by atoms with Gasteiger partial charge in [0.15, 0.2) is 0 Å². The number of thiophene rings is 1. The van der Waals surface area contributed by atoms with Crippen LogP contribution >= 0.6 is 11.3 Å². The molecule has 1 atom stereocenters. The number of nitrogens with two attached hydrogens (primary N) is 1. The van der Waals surface area contributed by atoms with E-state index in [9.17, 15) is 9.59 Å². The van der Waals surface area contributed by atoms with Gasteiger partial charge in [0.2, 0.25) is 5.91 Å². The third kappa shape index (κ3) is 3.13. The van der Waals surface area contributed by atoms with Crippen LogP contribution in [-0.2, 0) is 9.53 Å². The third-order valence-corrected chi connectivity index (χ3v) is 4.38. The van der Waals surface area contributed by atoms with Gasteiger partial charge in [-0.15, -0.1) is 11.3 Å². The second kappa shape index (κ2) is 5.71. The van der Waals surface area contributed by atoms with E-state index < -0.39 is 11.5 Å². The van der Waals surface area contributed by atoms with Crippen LogP contribution < -0.4 is 11.1 Å². The Labute approximate surface area is 117 Å². The van der Waals surface area contributed by atoms with Crippen LogP contribution in [0.2, 0.25) is 0 Å². The van der Waals surface area contributed by atoms with Gasteiger partial charge in [-0.25, -0.2) is 4.79 Å². The molecule has 1 aromatic heterocycles. The standard InChI is InChI=1S/C13H20N2O3S/c1-6-13(4,14)12(17)15-10-9(11(16)18-5)7(2)8(3)19-10/h6,14H2,1-5H3,(H,15,17). The first-order valence-corrected chi connectivity index (χ1v) is 6.84. The van der Waals surface area contributed by atoms with Gasteiger partial charge in [0.25, 0.3) is 0 Å². The summed E-state index contributed by atoms with van der Waals surface area (Å²) >= 11 is 1.35. The van der Waals surface area contributed by atoms with Gasteiger partial charge >= 0.3 is 5.97 Å². The Hall–Kier alpha value is -1.40. The number of carbonyl (C=O) groups excluding carboxylic acids is 2. The van der Waals surface area contributed by atoms with Crippen LogP contribution in [0.3, 0.4) is 0 Å². The van der Waals surface area contributed by atoms with E-state index in [-0.39, 0.29) is 5.91 Å². The number of aryl methyl sites for hydroxylation is 1. The first-order chi connectivity index (χ1) is 8.74. The first kappa shape index (κ1) is 15.7. The normalized spacial score (nSPS) is 13.8. The van der Waals surface area contributed by atoms with Gasteiger partial charge in [0, 0.05) is 4.88 Å². The zero-order valence-corrected chi connectivity index (χ0v) is 12.7. The number of methoxy groups -OCH3 is 1. The predicted molar refractivity (Wildman–Crippen MR) is 76.6 cm³/mol. The van der Waals surface area contributed by atoms with Crippen LogP contribution in [0.15, 0.2) is 0 Å². The Morgan fingerprint density at radius 1 is 1.42 bits per heavy atom. The molecule has 0 radical (unpaired) electrons. The Morgan fingerprint density at radius 2 is 2.00 bits per heavy atom. The summed E-state index contributed by atoms with van der Waals surface area (Å²) in [5, 5.41) is 3.23. The summed E-state index contributed by atoms with van der Waals surface area (Å²) in [6.07, 6.45) is 0.510. The molecule has 0 saturated carbocycles. The summed E-state index contributed by atoms with van der Waals surface area (Å²) < 4.78 is 4.75. The summed E-state index contributed by atoms with van der Waals surface area (Å²) in [5.74, 6) is -0.756. The van der Waals surface area contributed by atoms with Crippen LogP contribution in [-0.4, -0.2) is 24.5 Å². The molecule has 0 aliphatic carbocycles. The van der Waals surface area contributed by atoms with Crippen molar-refractivity contribution in [2.24, 2.45) is 5.73 Å². The van der Waals surface area contributed by atoms with Crippen molar-refractivity contribution in [3.8, 4) is 0 Å². The van der Waals surface area contributed by atoms with Gasteiger partial charge in [-0.1, -0.05) is 6.92 Å². The zero-order valence-electron chi connectivity index (χ0n) is 11.9. The van der Waals surface area contributed by atoms with Crippen molar-refractivity contribution in [2.45, 2.75) is 39.7 Å². The maximum atomic E-state index is 12.1. The molecule has 0 fully saturated rings. The number of nitrogens with one attached hydrogen (secondary N) is 1. The van der Waals surface area contributed by atoms with Crippen molar-refractivity contribution in [3.05, 3.63) is 16.0 Å². The monoisotopic (exact) mass is 284 g/mol. The summed E-state index contributed by atoms with van der Waals surface area (Å²) in [7, 11) is 1.32. The van der Waals surface area contributed by atoms with E-state index in [1.807, 2.05) is 20.8 Å². The number of rotatable bonds is 4. The molecule has 1 rings (SSSR count). The smallest absolute Gasteiger partial charge is 0.341 e. The number of amides is 1. The van der Waals surface area contributed by atoms with Gasteiger partial charge in [0.05, 0.1) is 18.2 Å². The minimum atomic E-state index is -0.959. The Kier molecular flexibility index (Phi) is 4.70. The van der Waals surface area contributed by atoms with Crippen molar-refractivity contribution >= 4 is 28.2 Å². The maximum Gasteiger partial charge on any atom is 0.341 e. The molecule has 0 aliphatic heterocycles. The van der Waals surface area contributed by atoms with E-state index in [4.69, 9.17) is 10.5 Å². The zero-order chi connectivity index (χ0) is 14.8. The number of ether oxygens (including phenoxy) is 1. The lowest BCUT2D eigenvalue weighted by atomic mass is 9.99. The van der Waals surface area contributed by atoms with Crippen molar-refractivity contribution in [1.82, 2.24) is 0 Å². The number of hydrogen-bond donors (Lipinski definition) is 2. The summed E-state index contributed by atoms with van der Waals surface area (Å²) in [4.78, 5) is 24.8. The molecule has 3 N–H and O–H groups in total. The minimum absolute atomic E-state index is 0.304. The Bertz CT molecular complexity index is 506. The minimum Gasteiger partial charge on any atom is -0.465 e. The molecule has 5 nitrogen and oxygen atoms in total. The fourth-order valence-corrected chi connectivity index (χ4v) is 2.51. The molecule has 6 heteroatoms. The molecule has 19 heavy (non-hydrogen) atoms. The van der Waals surface area contributed by atoms with Gasteiger partial charge in [-0.05, 0) is 32.8 Å². The second-order valence-corrected chi connectivity index (χ2v) is 5.93. The van der Waals surface area contributed by atoms with Crippen LogP contribution in [0.1, 0.15) is 41.1 Å². The lowest BCUT2D eigenvalue weighted by Crippen LogP contribution is -2.47. The molecule has 106 valence electrons. The van der Waals surface area contributed by atoms with Gasteiger partial charge in [0.1, 0.15) is 5.00 Å². The number of esters is 1. The molecular weight excluding hydrogens is 264 g/mol. The fraction of sp³-hybridized carbons (Fsp3) is 0.538. The molecule has 0 aromatic carbocycles. The van der Waals surface area contributed by atoms with Gasteiger partial charge in [-0.2, -0.15) is 0 Å². The summed E-state index contributed by atoms with van der Waals surface area (Å²) in [6, 6.07) is 0. The van der Waals surface area contributed by atoms with E-state index in [1.165, 1.54) is 18.4 Å². The van der Waals surface area contributed by atoms with Crippen molar-refractivity contribution < 1.29 is 14.3 Å². The average Bonchev–Trinajstić information content (AvgIpc) is 2.64. The maximum absolute atomic E-state index is 12.1. The van der Waals surface area contributed by atoms with E-state index >= 15 is 0 Å². The highest BCUT2D eigenvalue weighted by Crippen LogP contribution is 2.33. The van der Waals surface area contributed by atoms with E-state index in [0.29, 0.717) is 17.0 Å². The molecule has 0 aliphatic rings. The number of hydrogen-bond acceptors (Lipinski definition) is 5. The fourth-order valence-electron chi connectivity index (χ4n) is 1.47. The highest BCUT2D eigenvalue weighted by molar-refractivity contribution is 7.16. The van der Waals surface area contributed by atoms with Crippen LogP contribution in [0.5, 0.6) is 0 Å². The average molecular weight is 284 g/mol. The molecule has 1 aromatic rings. The van der Waals surface area contributed by atoms with Crippen molar-refractivity contribution in [1.29, 1.82) is 0 Å². The summed E-state index contributed by atoms with van der Waals surface area (Å²) in [6.45, 7) is 7.22. The molecule has 1 amide bonds. The SMILES string of the molecule is CCC(C)(N)C(=O)Nc1sc(C)c(C)c1C(=O)OC. The van der Waals surface area contributed by atoms with Crippen molar-refractivity contribution in [3.63, 3.8) is 0 Å². The first-order valence-electron chi connectivity index (χ1n) is 6.03. The lowest BCUT2D eigenvalue weighted by molar-refractivity contribution is -0.120. The number of carbonyl (C=O) groups is 2. The Morgan fingerprint density at radius 3 is 2.47 bits per heavy atom.